The number of hydrogen-bond donors (Lipinski definition) is 1. The van der Waals surface area contributed by atoms with E-state index >= 15 is 0 Å². The molecule has 2 aromatic carbocycles. The maximum atomic E-state index is 13.0. The van der Waals surface area contributed by atoms with Crippen LogP contribution in [0.5, 0.6) is 0 Å². The fourth-order valence-corrected chi connectivity index (χ4v) is 3.59. The predicted molar refractivity (Wildman–Crippen MR) is 108 cm³/mol. The number of amides is 1. The first kappa shape index (κ1) is 17.2. The zero-order valence-corrected chi connectivity index (χ0v) is 15.7. The van der Waals surface area contributed by atoms with Gasteiger partial charge in [-0.3, -0.25) is 4.79 Å². The van der Waals surface area contributed by atoms with Gasteiger partial charge in [0.2, 0.25) is 0 Å². The highest BCUT2D eigenvalue weighted by molar-refractivity contribution is 6.06. The fourth-order valence-electron chi connectivity index (χ4n) is 3.59. The third-order valence-corrected chi connectivity index (χ3v) is 4.94. The summed E-state index contributed by atoms with van der Waals surface area (Å²) in [7, 11) is 0. The van der Waals surface area contributed by atoms with Crippen LogP contribution in [0.3, 0.4) is 0 Å². The number of hydrogen-bond acceptors (Lipinski definition) is 4. The molecule has 1 aromatic heterocycles. The molecular weight excluding hydrogens is 336 g/mol. The molecule has 0 saturated heterocycles. The van der Waals surface area contributed by atoms with Crippen molar-refractivity contribution in [2.75, 3.05) is 10.2 Å². The second kappa shape index (κ2) is 6.83. The zero-order chi connectivity index (χ0) is 19.0. The predicted octanol–water partition coefficient (Wildman–Crippen LogP) is 4.43. The van der Waals surface area contributed by atoms with Gasteiger partial charge in [-0.1, -0.05) is 35.9 Å². The largest absolute Gasteiger partial charge is 0.339 e. The Balaban J connectivity index is 1.55. The number of benzene rings is 2. The molecular formula is C22H22N4O. The van der Waals surface area contributed by atoms with Crippen LogP contribution in [0.15, 0.2) is 54.9 Å². The molecule has 0 bridgehead atoms. The van der Waals surface area contributed by atoms with Crippen molar-refractivity contribution in [1.29, 1.82) is 0 Å². The van der Waals surface area contributed by atoms with E-state index in [1.807, 2.05) is 42.2 Å². The van der Waals surface area contributed by atoms with Crippen molar-refractivity contribution in [2.45, 2.75) is 33.2 Å². The summed E-state index contributed by atoms with van der Waals surface area (Å²) in [5.74, 6) is 0.506. The molecule has 1 atom stereocenters. The molecule has 4 rings (SSSR count). The molecule has 2 heterocycles. The maximum Gasteiger partial charge on any atom is 0.278 e. The number of rotatable bonds is 3. The molecule has 136 valence electrons. The van der Waals surface area contributed by atoms with Crippen molar-refractivity contribution < 1.29 is 4.79 Å². The first-order valence-electron chi connectivity index (χ1n) is 9.11. The van der Waals surface area contributed by atoms with Crippen molar-refractivity contribution >= 4 is 23.1 Å². The molecule has 1 aliphatic rings. The first-order valence-corrected chi connectivity index (χ1v) is 9.11. The number of para-hydroxylation sites is 1. The smallest absolute Gasteiger partial charge is 0.278 e. The van der Waals surface area contributed by atoms with Gasteiger partial charge in [-0.15, -0.1) is 0 Å². The topological polar surface area (TPSA) is 58.1 Å². The lowest BCUT2D eigenvalue weighted by Gasteiger charge is -2.22. The van der Waals surface area contributed by atoms with Gasteiger partial charge in [0, 0.05) is 17.4 Å². The van der Waals surface area contributed by atoms with Gasteiger partial charge in [0.05, 0.1) is 12.4 Å². The average Bonchev–Trinajstić information content (AvgIpc) is 3.00. The molecule has 1 aliphatic heterocycles. The summed E-state index contributed by atoms with van der Waals surface area (Å²) in [6.07, 6.45) is 4.02. The number of anilines is 3. The average molecular weight is 358 g/mol. The second-order valence-electron chi connectivity index (χ2n) is 7.09. The maximum absolute atomic E-state index is 13.0. The quantitative estimate of drug-likeness (QED) is 0.752. The molecule has 1 amide bonds. The number of nitrogens with zero attached hydrogens (tertiary/aromatic N) is 3. The van der Waals surface area contributed by atoms with E-state index in [0.717, 1.165) is 23.4 Å². The Hall–Kier alpha value is -3.21. The molecule has 0 fully saturated rings. The number of aryl methyl sites for hydroxylation is 2. The van der Waals surface area contributed by atoms with Gasteiger partial charge < -0.3 is 10.2 Å². The summed E-state index contributed by atoms with van der Waals surface area (Å²) in [6, 6.07) is 14.3. The van der Waals surface area contributed by atoms with Crippen LogP contribution in [0.2, 0.25) is 0 Å². The molecule has 1 unspecified atom stereocenters. The molecule has 27 heavy (non-hydrogen) atoms. The first-order chi connectivity index (χ1) is 13.0. The Labute approximate surface area is 159 Å². The van der Waals surface area contributed by atoms with Gasteiger partial charge in [-0.05, 0) is 50.5 Å². The van der Waals surface area contributed by atoms with Gasteiger partial charge in [-0.25, -0.2) is 9.97 Å². The van der Waals surface area contributed by atoms with E-state index in [1.165, 1.54) is 11.1 Å². The van der Waals surface area contributed by atoms with Crippen molar-refractivity contribution in [1.82, 2.24) is 9.97 Å². The summed E-state index contributed by atoms with van der Waals surface area (Å²) in [4.78, 5) is 23.5. The van der Waals surface area contributed by atoms with E-state index in [4.69, 9.17) is 0 Å². The molecule has 0 spiro atoms. The van der Waals surface area contributed by atoms with Crippen LogP contribution >= 0.6 is 0 Å². The normalized spacial score (nSPS) is 15.5. The van der Waals surface area contributed by atoms with E-state index in [9.17, 15) is 4.79 Å². The second-order valence-corrected chi connectivity index (χ2v) is 7.09. The highest BCUT2D eigenvalue weighted by Gasteiger charge is 2.31. The van der Waals surface area contributed by atoms with Gasteiger partial charge in [0.25, 0.3) is 5.91 Å². The van der Waals surface area contributed by atoms with Crippen molar-refractivity contribution in [3.63, 3.8) is 0 Å². The molecule has 5 nitrogen and oxygen atoms in total. The molecule has 3 aromatic rings. The highest BCUT2D eigenvalue weighted by Crippen LogP contribution is 2.32. The van der Waals surface area contributed by atoms with Crippen molar-refractivity contribution in [3.05, 3.63) is 77.2 Å². The Morgan fingerprint density at radius 3 is 2.67 bits per heavy atom. The minimum absolute atomic E-state index is 0.113. The van der Waals surface area contributed by atoms with Crippen LogP contribution in [0.1, 0.15) is 34.1 Å². The van der Waals surface area contributed by atoms with Crippen molar-refractivity contribution in [2.24, 2.45) is 0 Å². The van der Waals surface area contributed by atoms with Crippen LogP contribution < -0.4 is 10.2 Å². The molecule has 0 radical (unpaired) electrons. The van der Waals surface area contributed by atoms with E-state index in [2.05, 4.69) is 41.3 Å². The lowest BCUT2D eigenvalue weighted by molar-refractivity contribution is 0.0976. The Morgan fingerprint density at radius 1 is 1.11 bits per heavy atom. The monoisotopic (exact) mass is 358 g/mol. The summed E-state index contributed by atoms with van der Waals surface area (Å²) in [5, 5.41) is 3.26. The van der Waals surface area contributed by atoms with Gasteiger partial charge in [0.1, 0.15) is 11.5 Å². The van der Waals surface area contributed by atoms with Crippen LogP contribution in [0.4, 0.5) is 17.2 Å². The Morgan fingerprint density at radius 2 is 1.93 bits per heavy atom. The third kappa shape index (κ3) is 3.28. The lowest BCUT2D eigenvalue weighted by Crippen LogP contribution is -2.36. The highest BCUT2D eigenvalue weighted by atomic mass is 16.2. The summed E-state index contributed by atoms with van der Waals surface area (Å²) in [5.41, 5.74) is 5.85. The van der Waals surface area contributed by atoms with Crippen LogP contribution in [-0.4, -0.2) is 21.9 Å². The number of carbonyl (C=O) groups excluding carboxylic acids is 1. The molecule has 0 aliphatic carbocycles. The number of fused-ring (bicyclic) bond motifs is 1. The van der Waals surface area contributed by atoms with Gasteiger partial charge in [-0.2, -0.15) is 0 Å². The molecule has 5 heteroatoms. The minimum Gasteiger partial charge on any atom is -0.339 e. The Kier molecular flexibility index (Phi) is 4.36. The fraction of sp³-hybridized carbons (Fsp3) is 0.227. The summed E-state index contributed by atoms with van der Waals surface area (Å²) >= 11 is 0. The number of carbonyl (C=O) groups is 1. The number of nitrogens with one attached hydrogen (secondary N) is 1. The zero-order valence-electron chi connectivity index (χ0n) is 15.7. The number of aromatic nitrogens is 2. The van der Waals surface area contributed by atoms with Gasteiger partial charge >= 0.3 is 0 Å². The lowest BCUT2D eigenvalue weighted by atomic mass is 10.1. The van der Waals surface area contributed by atoms with Gasteiger partial charge in [0.15, 0.2) is 0 Å². The van der Waals surface area contributed by atoms with Crippen molar-refractivity contribution in [3.8, 4) is 0 Å². The van der Waals surface area contributed by atoms with E-state index in [-0.39, 0.29) is 11.9 Å². The van der Waals surface area contributed by atoms with Crippen LogP contribution in [0, 0.1) is 13.8 Å². The SMILES string of the molecule is Cc1ccc(Nc2cnc(C(=O)N3c4ccccc4CC3C)cn2)c(C)c1. The minimum atomic E-state index is -0.113. The molecule has 0 saturated carbocycles. The Bertz CT molecular complexity index is 997. The van der Waals surface area contributed by atoms with Crippen LogP contribution in [0.25, 0.3) is 0 Å². The van der Waals surface area contributed by atoms with Crippen LogP contribution in [-0.2, 0) is 6.42 Å². The third-order valence-electron chi connectivity index (χ3n) is 4.94. The summed E-state index contributed by atoms with van der Waals surface area (Å²) < 4.78 is 0. The van der Waals surface area contributed by atoms with E-state index in [0.29, 0.717) is 11.5 Å². The summed E-state index contributed by atoms with van der Waals surface area (Å²) in [6.45, 7) is 6.17. The molecule has 1 N–H and O–H groups in total. The van der Waals surface area contributed by atoms with E-state index in [1.54, 1.807) is 12.4 Å². The van der Waals surface area contributed by atoms with E-state index < -0.39 is 0 Å². The standard InChI is InChI=1S/C22H22N4O/c1-14-8-9-18(15(2)10-14)25-21-13-23-19(12-24-21)22(27)26-16(3)11-17-6-4-5-7-20(17)26/h4-10,12-13,16H,11H2,1-3H3,(H,24,25).